The summed E-state index contributed by atoms with van der Waals surface area (Å²) in [6.45, 7) is 11.4. The first kappa shape index (κ1) is 16.6. The molecule has 0 aliphatic heterocycles. The second kappa shape index (κ2) is 9.43. The molecule has 0 aliphatic rings. The Morgan fingerprint density at radius 2 is 1.95 bits per heavy atom. The van der Waals surface area contributed by atoms with Gasteiger partial charge in [-0.05, 0) is 57.5 Å². The Morgan fingerprint density at radius 3 is 2.60 bits per heavy atom. The van der Waals surface area contributed by atoms with Crippen LogP contribution in [0.25, 0.3) is 0 Å². The summed E-state index contributed by atoms with van der Waals surface area (Å²) in [5, 5.41) is 3.39. The molecule has 0 unspecified atom stereocenters. The van der Waals surface area contributed by atoms with Crippen LogP contribution in [0.1, 0.15) is 39.7 Å². The number of nitrogens with one attached hydrogen (secondary N) is 1. The van der Waals surface area contributed by atoms with Crippen molar-refractivity contribution >= 4 is 0 Å². The molecule has 1 aromatic rings. The van der Waals surface area contributed by atoms with E-state index in [9.17, 15) is 0 Å². The minimum Gasteiger partial charge on any atom is -0.490 e. The molecule has 112 valence electrons. The molecule has 1 N–H and O–H groups in total. The second-order valence-corrected chi connectivity index (χ2v) is 4.98. The molecular formula is C17H27NO2. The van der Waals surface area contributed by atoms with Crippen molar-refractivity contribution < 1.29 is 9.47 Å². The predicted molar refractivity (Wildman–Crippen MR) is 84.5 cm³/mol. The van der Waals surface area contributed by atoms with Crippen molar-refractivity contribution in [1.82, 2.24) is 5.32 Å². The van der Waals surface area contributed by atoms with Gasteiger partial charge < -0.3 is 14.8 Å². The Bertz CT molecular complexity index is 423. The molecule has 0 aromatic heterocycles. The number of hydrogen-bond acceptors (Lipinski definition) is 3. The fraction of sp³-hybridized carbons (Fsp3) is 0.529. The van der Waals surface area contributed by atoms with Crippen molar-refractivity contribution in [2.24, 2.45) is 0 Å². The monoisotopic (exact) mass is 277 g/mol. The molecule has 0 spiro atoms. The van der Waals surface area contributed by atoms with Gasteiger partial charge in [0.15, 0.2) is 11.5 Å². The molecule has 20 heavy (non-hydrogen) atoms. The van der Waals surface area contributed by atoms with Crippen LogP contribution in [0, 0.1) is 0 Å². The summed E-state index contributed by atoms with van der Waals surface area (Å²) in [6, 6.07) is 6.14. The first-order valence-corrected chi connectivity index (χ1v) is 7.40. The third-order valence-electron chi connectivity index (χ3n) is 2.79. The third kappa shape index (κ3) is 6.11. The van der Waals surface area contributed by atoms with Gasteiger partial charge in [0.25, 0.3) is 0 Å². The van der Waals surface area contributed by atoms with Gasteiger partial charge in [0.2, 0.25) is 0 Å². The van der Waals surface area contributed by atoms with Crippen LogP contribution >= 0.6 is 0 Å². The molecule has 0 heterocycles. The van der Waals surface area contributed by atoms with E-state index < -0.39 is 0 Å². The fourth-order valence-electron chi connectivity index (χ4n) is 1.76. The van der Waals surface area contributed by atoms with Crippen molar-refractivity contribution in [2.75, 3.05) is 19.8 Å². The van der Waals surface area contributed by atoms with Gasteiger partial charge in [-0.25, -0.2) is 0 Å². The summed E-state index contributed by atoms with van der Waals surface area (Å²) in [5.41, 5.74) is 2.47. The van der Waals surface area contributed by atoms with E-state index in [0.29, 0.717) is 13.2 Å². The summed E-state index contributed by atoms with van der Waals surface area (Å²) in [6.07, 6.45) is 3.20. The average Bonchev–Trinajstić information content (AvgIpc) is 2.41. The number of hydrogen-bond donors (Lipinski definition) is 1. The average molecular weight is 277 g/mol. The molecule has 0 radical (unpaired) electrons. The summed E-state index contributed by atoms with van der Waals surface area (Å²) in [7, 11) is 0. The lowest BCUT2D eigenvalue weighted by atomic mass is 10.2. The van der Waals surface area contributed by atoms with E-state index in [2.05, 4.69) is 44.3 Å². The van der Waals surface area contributed by atoms with E-state index in [4.69, 9.17) is 9.47 Å². The van der Waals surface area contributed by atoms with Crippen LogP contribution in [0.15, 0.2) is 29.8 Å². The Morgan fingerprint density at radius 1 is 1.15 bits per heavy atom. The molecule has 1 aromatic carbocycles. The first-order valence-electron chi connectivity index (χ1n) is 7.40. The van der Waals surface area contributed by atoms with Crippen LogP contribution in [0.3, 0.4) is 0 Å². The van der Waals surface area contributed by atoms with Gasteiger partial charge in [-0.3, -0.25) is 0 Å². The Labute approximate surface area is 123 Å². The molecule has 0 bridgehead atoms. The molecule has 0 fully saturated rings. The maximum absolute atomic E-state index is 5.76. The van der Waals surface area contributed by atoms with Crippen molar-refractivity contribution in [2.45, 2.75) is 40.7 Å². The van der Waals surface area contributed by atoms with Crippen LogP contribution in [-0.2, 0) is 6.54 Å². The van der Waals surface area contributed by atoms with Crippen molar-refractivity contribution in [1.29, 1.82) is 0 Å². The third-order valence-corrected chi connectivity index (χ3v) is 2.79. The lowest BCUT2D eigenvalue weighted by molar-refractivity contribution is 0.296. The SMILES string of the molecule is CCCNCc1ccc(OCC=C(C)C)c(OCC)c1. The van der Waals surface area contributed by atoms with Gasteiger partial charge in [0, 0.05) is 6.54 Å². The summed E-state index contributed by atoms with van der Waals surface area (Å²) >= 11 is 0. The highest BCUT2D eigenvalue weighted by Crippen LogP contribution is 2.28. The quantitative estimate of drug-likeness (QED) is 0.548. The van der Waals surface area contributed by atoms with Gasteiger partial charge in [0.05, 0.1) is 6.61 Å². The minimum atomic E-state index is 0.579. The molecule has 0 aliphatic carbocycles. The minimum absolute atomic E-state index is 0.579. The summed E-state index contributed by atoms with van der Waals surface area (Å²) < 4.78 is 11.4. The molecular weight excluding hydrogens is 250 g/mol. The Kier molecular flexibility index (Phi) is 7.81. The number of allylic oxidation sites excluding steroid dienone is 1. The first-order chi connectivity index (χ1) is 9.67. The normalized spacial score (nSPS) is 10.2. The van der Waals surface area contributed by atoms with Gasteiger partial charge in [0.1, 0.15) is 6.61 Å². The zero-order chi connectivity index (χ0) is 14.8. The Balaban J connectivity index is 2.70. The van der Waals surface area contributed by atoms with Crippen LogP contribution in [0.2, 0.25) is 0 Å². The molecule has 3 nitrogen and oxygen atoms in total. The highest BCUT2D eigenvalue weighted by molar-refractivity contribution is 5.43. The number of rotatable bonds is 9. The van der Waals surface area contributed by atoms with Crippen LogP contribution in [0.4, 0.5) is 0 Å². The van der Waals surface area contributed by atoms with Gasteiger partial charge >= 0.3 is 0 Å². The summed E-state index contributed by atoms with van der Waals surface area (Å²) in [5.74, 6) is 1.63. The maximum Gasteiger partial charge on any atom is 0.161 e. The van der Waals surface area contributed by atoms with Gasteiger partial charge in [-0.2, -0.15) is 0 Å². The zero-order valence-corrected chi connectivity index (χ0v) is 13.2. The zero-order valence-electron chi connectivity index (χ0n) is 13.2. The Hall–Kier alpha value is -1.48. The van der Waals surface area contributed by atoms with Crippen molar-refractivity contribution in [3.63, 3.8) is 0 Å². The molecule has 1 rings (SSSR count). The molecule has 0 atom stereocenters. The van der Waals surface area contributed by atoms with E-state index in [1.807, 2.05) is 13.0 Å². The van der Waals surface area contributed by atoms with E-state index in [-0.39, 0.29) is 0 Å². The van der Waals surface area contributed by atoms with E-state index in [1.165, 1.54) is 11.1 Å². The molecule has 0 saturated carbocycles. The molecule has 0 amide bonds. The molecule has 0 saturated heterocycles. The van der Waals surface area contributed by atoms with E-state index in [0.717, 1.165) is 31.0 Å². The molecule has 3 heteroatoms. The smallest absolute Gasteiger partial charge is 0.161 e. The highest BCUT2D eigenvalue weighted by atomic mass is 16.5. The number of benzene rings is 1. The van der Waals surface area contributed by atoms with Crippen LogP contribution in [-0.4, -0.2) is 19.8 Å². The highest BCUT2D eigenvalue weighted by Gasteiger charge is 2.06. The predicted octanol–water partition coefficient (Wildman–Crippen LogP) is 3.93. The fourth-order valence-corrected chi connectivity index (χ4v) is 1.76. The van der Waals surface area contributed by atoms with Gasteiger partial charge in [-0.15, -0.1) is 0 Å². The van der Waals surface area contributed by atoms with Crippen LogP contribution in [0.5, 0.6) is 11.5 Å². The van der Waals surface area contributed by atoms with E-state index >= 15 is 0 Å². The largest absolute Gasteiger partial charge is 0.490 e. The lowest BCUT2D eigenvalue weighted by Gasteiger charge is -2.13. The summed E-state index contributed by atoms with van der Waals surface area (Å²) in [4.78, 5) is 0. The standard InChI is InChI=1S/C17H27NO2/c1-5-10-18-13-15-7-8-16(17(12-15)19-6-2)20-11-9-14(3)4/h7-9,12,18H,5-6,10-11,13H2,1-4H3. The van der Waals surface area contributed by atoms with Crippen molar-refractivity contribution in [3.8, 4) is 11.5 Å². The number of ether oxygens (including phenoxy) is 2. The van der Waals surface area contributed by atoms with E-state index in [1.54, 1.807) is 0 Å². The van der Waals surface area contributed by atoms with Crippen LogP contribution < -0.4 is 14.8 Å². The lowest BCUT2D eigenvalue weighted by Crippen LogP contribution is -2.13. The second-order valence-electron chi connectivity index (χ2n) is 4.98. The van der Waals surface area contributed by atoms with Gasteiger partial charge in [-0.1, -0.05) is 18.6 Å². The van der Waals surface area contributed by atoms with Crippen molar-refractivity contribution in [3.05, 3.63) is 35.4 Å². The topological polar surface area (TPSA) is 30.5 Å². The maximum atomic E-state index is 5.76.